The minimum Gasteiger partial charge on any atom is -0.313 e. The van der Waals surface area contributed by atoms with Crippen molar-refractivity contribution in [1.82, 2.24) is 10.3 Å². The molecule has 2 heteroatoms. The van der Waals surface area contributed by atoms with Gasteiger partial charge in [0.25, 0.3) is 0 Å². The average molecular weight is 268 g/mol. The lowest BCUT2D eigenvalue weighted by Gasteiger charge is -2.13. The van der Waals surface area contributed by atoms with Crippen LogP contribution < -0.4 is 5.32 Å². The zero-order valence-electron chi connectivity index (χ0n) is 12.7. The highest BCUT2D eigenvalue weighted by molar-refractivity contribution is 5.87. The summed E-state index contributed by atoms with van der Waals surface area (Å²) in [5, 5.41) is 4.70. The minimum atomic E-state index is 0.540. The quantitative estimate of drug-likeness (QED) is 0.791. The molecule has 1 heterocycles. The highest BCUT2D eigenvalue weighted by Gasteiger charge is 2.05. The number of pyridine rings is 1. The molecule has 0 unspecified atom stereocenters. The summed E-state index contributed by atoms with van der Waals surface area (Å²) < 4.78 is 0. The minimum absolute atomic E-state index is 0.540. The molecule has 0 spiro atoms. The molecule has 0 aliphatic carbocycles. The van der Waals surface area contributed by atoms with E-state index in [0.29, 0.717) is 5.92 Å². The summed E-state index contributed by atoms with van der Waals surface area (Å²) in [5.74, 6) is 0.540. The van der Waals surface area contributed by atoms with Gasteiger partial charge in [-0.05, 0) is 24.9 Å². The van der Waals surface area contributed by atoms with Crippen molar-refractivity contribution in [2.45, 2.75) is 27.2 Å². The fourth-order valence-electron chi connectivity index (χ4n) is 2.28. The number of para-hydroxylation sites is 1. The van der Waals surface area contributed by atoms with Crippen molar-refractivity contribution in [1.29, 1.82) is 0 Å². The first-order chi connectivity index (χ1) is 9.72. The van der Waals surface area contributed by atoms with Crippen molar-refractivity contribution >= 4 is 17.0 Å². The molecule has 1 N–H and O–H groups in total. The highest BCUT2D eigenvalue weighted by Crippen LogP contribution is 2.21. The van der Waals surface area contributed by atoms with Gasteiger partial charge in [-0.15, -0.1) is 0 Å². The van der Waals surface area contributed by atoms with Crippen LogP contribution in [0.4, 0.5) is 0 Å². The standard InChI is InChI=1S/C18H24N2/c1-4-10-19-13-17(14(2)3)12-16-8-5-7-15-9-6-11-20-18(15)16/h5-9,11-12,14,19H,4,10,13H2,1-3H3. The highest BCUT2D eigenvalue weighted by atomic mass is 14.8. The second-order valence-electron chi connectivity index (χ2n) is 5.47. The van der Waals surface area contributed by atoms with Crippen molar-refractivity contribution < 1.29 is 0 Å². The maximum atomic E-state index is 4.53. The largest absolute Gasteiger partial charge is 0.313 e. The Bertz CT molecular complexity index is 579. The first-order valence-electron chi connectivity index (χ1n) is 7.47. The third kappa shape index (κ3) is 3.67. The van der Waals surface area contributed by atoms with Gasteiger partial charge in [-0.1, -0.05) is 56.7 Å². The van der Waals surface area contributed by atoms with Gasteiger partial charge in [0.05, 0.1) is 5.52 Å². The van der Waals surface area contributed by atoms with E-state index in [2.05, 4.69) is 61.4 Å². The van der Waals surface area contributed by atoms with Crippen LogP contribution in [-0.4, -0.2) is 18.1 Å². The van der Waals surface area contributed by atoms with Crippen LogP contribution in [0, 0.1) is 5.92 Å². The molecule has 0 atom stereocenters. The second kappa shape index (κ2) is 7.20. The fraction of sp³-hybridized carbons (Fsp3) is 0.389. The molecule has 1 aromatic heterocycles. The molecule has 0 amide bonds. The zero-order valence-corrected chi connectivity index (χ0v) is 12.7. The lowest BCUT2D eigenvalue weighted by Crippen LogP contribution is -2.19. The van der Waals surface area contributed by atoms with Crippen LogP contribution in [0.3, 0.4) is 0 Å². The number of nitrogens with one attached hydrogen (secondary N) is 1. The fourth-order valence-corrected chi connectivity index (χ4v) is 2.28. The number of fused-ring (bicyclic) bond motifs is 1. The predicted molar refractivity (Wildman–Crippen MR) is 87.7 cm³/mol. The number of hydrogen-bond acceptors (Lipinski definition) is 2. The summed E-state index contributed by atoms with van der Waals surface area (Å²) in [4.78, 5) is 4.53. The third-order valence-corrected chi connectivity index (χ3v) is 3.50. The van der Waals surface area contributed by atoms with E-state index in [1.165, 1.54) is 22.9 Å². The summed E-state index contributed by atoms with van der Waals surface area (Å²) in [6.45, 7) is 8.71. The molecule has 0 aliphatic rings. The summed E-state index contributed by atoms with van der Waals surface area (Å²) in [7, 11) is 0. The van der Waals surface area contributed by atoms with Crippen molar-refractivity contribution in [3.8, 4) is 0 Å². The Hall–Kier alpha value is -1.67. The van der Waals surface area contributed by atoms with E-state index in [1.807, 2.05) is 12.3 Å². The normalized spacial score (nSPS) is 12.3. The molecule has 106 valence electrons. The Balaban J connectivity index is 2.33. The van der Waals surface area contributed by atoms with Crippen LogP contribution in [0.25, 0.3) is 17.0 Å². The summed E-state index contributed by atoms with van der Waals surface area (Å²) >= 11 is 0. The molecule has 20 heavy (non-hydrogen) atoms. The zero-order chi connectivity index (χ0) is 14.4. The smallest absolute Gasteiger partial charge is 0.0774 e. The number of hydrogen-bond donors (Lipinski definition) is 1. The molecular formula is C18H24N2. The van der Waals surface area contributed by atoms with Crippen LogP contribution in [-0.2, 0) is 0 Å². The van der Waals surface area contributed by atoms with Gasteiger partial charge in [0.15, 0.2) is 0 Å². The van der Waals surface area contributed by atoms with Gasteiger partial charge in [-0.3, -0.25) is 4.98 Å². The van der Waals surface area contributed by atoms with Gasteiger partial charge in [0, 0.05) is 23.7 Å². The molecule has 1 aromatic carbocycles. The predicted octanol–water partition coefficient (Wildman–Crippen LogP) is 4.27. The lowest BCUT2D eigenvalue weighted by molar-refractivity contribution is 0.657. The molecule has 2 nitrogen and oxygen atoms in total. The monoisotopic (exact) mass is 268 g/mol. The second-order valence-corrected chi connectivity index (χ2v) is 5.47. The van der Waals surface area contributed by atoms with Crippen LogP contribution in [0.2, 0.25) is 0 Å². The average Bonchev–Trinajstić information content (AvgIpc) is 2.46. The van der Waals surface area contributed by atoms with E-state index in [9.17, 15) is 0 Å². The molecule has 0 saturated carbocycles. The molecule has 0 radical (unpaired) electrons. The molecule has 0 aliphatic heterocycles. The number of benzene rings is 1. The molecule has 2 aromatic rings. The van der Waals surface area contributed by atoms with Crippen LogP contribution >= 0.6 is 0 Å². The molecular weight excluding hydrogens is 244 g/mol. The van der Waals surface area contributed by atoms with Gasteiger partial charge >= 0.3 is 0 Å². The molecule has 0 bridgehead atoms. The van der Waals surface area contributed by atoms with Gasteiger partial charge in [-0.25, -0.2) is 0 Å². The molecule has 0 saturated heterocycles. The van der Waals surface area contributed by atoms with Gasteiger partial charge in [0.2, 0.25) is 0 Å². The van der Waals surface area contributed by atoms with Gasteiger partial charge in [-0.2, -0.15) is 0 Å². The van der Waals surface area contributed by atoms with E-state index in [-0.39, 0.29) is 0 Å². The van der Waals surface area contributed by atoms with Crippen molar-refractivity contribution in [2.24, 2.45) is 5.92 Å². The Kier molecular flexibility index (Phi) is 5.31. The van der Waals surface area contributed by atoms with Crippen molar-refractivity contribution in [2.75, 3.05) is 13.1 Å². The number of rotatable bonds is 6. The topological polar surface area (TPSA) is 24.9 Å². The van der Waals surface area contributed by atoms with Gasteiger partial charge < -0.3 is 5.32 Å². The Morgan fingerprint density at radius 2 is 2.05 bits per heavy atom. The van der Waals surface area contributed by atoms with E-state index in [0.717, 1.165) is 18.6 Å². The van der Waals surface area contributed by atoms with E-state index in [1.54, 1.807) is 0 Å². The van der Waals surface area contributed by atoms with E-state index < -0.39 is 0 Å². The lowest BCUT2D eigenvalue weighted by atomic mass is 9.99. The third-order valence-electron chi connectivity index (χ3n) is 3.50. The maximum Gasteiger partial charge on any atom is 0.0774 e. The summed E-state index contributed by atoms with van der Waals surface area (Å²) in [6, 6.07) is 10.5. The van der Waals surface area contributed by atoms with Gasteiger partial charge in [0.1, 0.15) is 0 Å². The maximum absolute atomic E-state index is 4.53. The molecule has 0 fully saturated rings. The number of nitrogens with zero attached hydrogens (tertiary/aromatic N) is 1. The van der Waals surface area contributed by atoms with Crippen molar-refractivity contribution in [3.05, 3.63) is 47.7 Å². The Morgan fingerprint density at radius 3 is 2.80 bits per heavy atom. The van der Waals surface area contributed by atoms with Crippen LogP contribution in [0.5, 0.6) is 0 Å². The van der Waals surface area contributed by atoms with E-state index >= 15 is 0 Å². The van der Waals surface area contributed by atoms with Crippen LogP contribution in [0.15, 0.2) is 42.1 Å². The van der Waals surface area contributed by atoms with Crippen molar-refractivity contribution in [3.63, 3.8) is 0 Å². The first kappa shape index (κ1) is 14.7. The SMILES string of the molecule is CCCNCC(=Cc1cccc2cccnc12)C(C)C. The molecule has 2 rings (SSSR count). The Morgan fingerprint density at radius 1 is 1.25 bits per heavy atom. The van der Waals surface area contributed by atoms with E-state index in [4.69, 9.17) is 0 Å². The number of aromatic nitrogens is 1. The summed E-state index contributed by atoms with van der Waals surface area (Å²) in [6.07, 6.45) is 5.33. The van der Waals surface area contributed by atoms with Crippen LogP contribution in [0.1, 0.15) is 32.8 Å². The summed E-state index contributed by atoms with van der Waals surface area (Å²) in [5.41, 5.74) is 3.73. The first-order valence-corrected chi connectivity index (χ1v) is 7.47. The Labute approximate surface area is 121 Å².